The molecule has 1 aliphatic rings. The summed E-state index contributed by atoms with van der Waals surface area (Å²) in [5.74, 6) is 0.419. The van der Waals surface area contributed by atoms with E-state index in [-0.39, 0.29) is 11.8 Å². The zero-order valence-corrected chi connectivity index (χ0v) is 21.4. The molecule has 0 radical (unpaired) electrons. The summed E-state index contributed by atoms with van der Waals surface area (Å²) in [7, 11) is 0. The summed E-state index contributed by atoms with van der Waals surface area (Å²) in [5.41, 5.74) is 4.49. The van der Waals surface area contributed by atoms with Crippen LogP contribution in [0.5, 0.6) is 0 Å². The second-order valence-electron chi connectivity index (χ2n) is 9.17. The van der Waals surface area contributed by atoms with Crippen LogP contribution in [-0.2, 0) is 6.42 Å². The average Bonchev–Trinajstić information content (AvgIpc) is 3.54. The van der Waals surface area contributed by atoms with Gasteiger partial charge in [0.25, 0.3) is 11.8 Å². The second kappa shape index (κ2) is 10.3. The van der Waals surface area contributed by atoms with Gasteiger partial charge in [0.2, 0.25) is 0 Å². The number of carbonyl (C=O) groups excluding carboxylic acids is 2. The zero-order valence-electron chi connectivity index (χ0n) is 19.9. The number of rotatable bonds is 6. The topological polar surface area (TPSA) is 78.1 Å². The van der Waals surface area contributed by atoms with Crippen LogP contribution < -0.4 is 5.32 Å². The molecule has 6 nitrogen and oxygen atoms in total. The summed E-state index contributed by atoms with van der Waals surface area (Å²) in [6.45, 7) is 3.44. The molecule has 1 unspecified atom stereocenters. The van der Waals surface area contributed by atoms with Gasteiger partial charge in [-0.2, -0.15) is 0 Å². The average molecular weight is 521 g/mol. The van der Waals surface area contributed by atoms with E-state index >= 15 is 0 Å². The summed E-state index contributed by atoms with van der Waals surface area (Å²) in [4.78, 5) is 36.1. The molecule has 8 heteroatoms. The lowest BCUT2D eigenvalue weighted by Gasteiger charge is -2.19. The number of amides is 2. The molecule has 4 aromatic rings. The van der Waals surface area contributed by atoms with Gasteiger partial charge in [0, 0.05) is 34.3 Å². The first-order valence-electron chi connectivity index (χ1n) is 12.0. The van der Waals surface area contributed by atoms with E-state index in [1.54, 1.807) is 24.3 Å². The number of aromatic amines is 1. The van der Waals surface area contributed by atoms with E-state index in [1.807, 2.05) is 48.2 Å². The minimum Gasteiger partial charge on any atom is -0.342 e. The molecule has 0 spiro atoms. The smallest absolute Gasteiger partial charge is 0.254 e. The number of hydrogen-bond acceptors (Lipinski definition) is 3. The Labute approximate surface area is 219 Å². The van der Waals surface area contributed by atoms with Crippen molar-refractivity contribution >= 4 is 46.0 Å². The predicted octanol–water partition coefficient (Wildman–Crippen LogP) is 6.13. The molecule has 1 aliphatic heterocycles. The highest BCUT2D eigenvalue weighted by Crippen LogP contribution is 2.24. The van der Waals surface area contributed by atoms with E-state index in [2.05, 4.69) is 10.3 Å². The van der Waals surface area contributed by atoms with Crippen LogP contribution >= 0.6 is 23.2 Å². The van der Waals surface area contributed by atoms with Crippen LogP contribution in [0.4, 0.5) is 0 Å². The van der Waals surface area contributed by atoms with Crippen LogP contribution in [0.2, 0.25) is 10.0 Å². The monoisotopic (exact) mass is 520 g/mol. The molecule has 0 saturated carbocycles. The Morgan fingerprint density at radius 3 is 2.44 bits per heavy atom. The van der Waals surface area contributed by atoms with Gasteiger partial charge in [-0.3, -0.25) is 9.59 Å². The molecule has 2 heterocycles. The number of aryl methyl sites for hydroxylation is 1. The Bertz CT molecular complexity index is 1430. The number of nitrogens with one attached hydrogen (secondary N) is 2. The van der Waals surface area contributed by atoms with Gasteiger partial charge in [-0.05, 0) is 85.8 Å². The second-order valence-corrected chi connectivity index (χ2v) is 10.0. The molecule has 1 saturated heterocycles. The number of benzene rings is 3. The van der Waals surface area contributed by atoms with Gasteiger partial charge < -0.3 is 15.2 Å². The number of aromatic nitrogens is 2. The van der Waals surface area contributed by atoms with Crippen LogP contribution in [0.25, 0.3) is 11.0 Å². The lowest BCUT2D eigenvalue weighted by Crippen LogP contribution is -2.31. The molecule has 184 valence electrons. The molecule has 5 rings (SSSR count). The molecular weight excluding hydrogens is 495 g/mol. The Balaban J connectivity index is 1.41. The van der Waals surface area contributed by atoms with Crippen LogP contribution in [0.1, 0.15) is 56.6 Å². The van der Waals surface area contributed by atoms with E-state index < -0.39 is 6.04 Å². The third kappa shape index (κ3) is 5.25. The van der Waals surface area contributed by atoms with Gasteiger partial charge in [-0.1, -0.05) is 35.3 Å². The number of nitrogens with zero attached hydrogens (tertiary/aromatic N) is 2. The van der Waals surface area contributed by atoms with Crippen molar-refractivity contribution in [3.63, 3.8) is 0 Å². The highest BCUT2D eigenvalue weighted by Gasteiger charge is 2.23. The van der Waals surface area contributed by atoms with Gasteiger partial charge in [0.1, 0.15) is 5.82 Å². The molecule has 3 aromatic carbocycles. The lowest BCUT2D eigenvalue weighted by atomic mass is 10.0. The van der Waals surface area contributed by atoms with E-state index in [0.29, 0.717) is 33.4 Å². The van der Waals surface area contributed by atoms with Crippen molar-refractivity contribution in [2.75, 3.05) is 13.1 Å². The number of halogens is 2. The lowest BCUT2D eigenvalue weighted by molar-refractivity contribution is 0.0791. The Hall–Kier alpha value is -3.35. The maximum atomic E-state index is 13.3. The highest BCUT2D eigenvalue weighted by atomic mass is 35.5. The molecule has 0 bridgehead atoms. The first kappa shape index (κ1) is 24.3. The minimum atomic E-state index is -0.420. The SMILES string of the molecule is Cc1cc(C(=O)NC(Cc2ccc(Cl)cc2)c2nc3ccc(Cl)cc3[nH]2)ccc1C(=O)N1CCCC1. The first-order chi connectivity index (χ1) is 17.4. The van der Waals surface area contributed by atoms with Gasteiger partial charge >= 0.3 is 0 Å². The summed E-state index contributed by atoms with van der Waals surface area (Å²) in [5, 5.41) is 4.38. The fourth-order valence-corrected chi connectivity index (χ4v) is 4.91. The van der Waals surface area contributed by atoms with E-state index in [9.17, 15) is 9.59 Å². The first-order valence-corrected chi connectivity index (χ1v) is 12.7. The van der Waals surface area contributed by atoms with Gasteiger partial charge in [-0.15, -0.1) is 0 Å². The van der Waals surface area contributed by atoms with Crippen molar-refractivity contribution in [2.24, 2.45) is 0 Å². The Kier molecular flexibility index (Phi) is 6.99. The summed E-state index contributed by atoms with van der Waals surface area (Å²) in [6.07, 6.45) is 2.59. The van der Waals surface area contributed by atoms with Gasteiger partial charge in [0.15, 0.2) is 0 Å². The van der Waals surface area contributed by atoms with Crippen molar-refractivity contribution in [3.8, 4) is 0 Å². The fraction of sp³-hybridized carbons (Fsp3) is 0.250. The van der Waals surface area contributed by atoms with Crippen LogP contribution in [-0.4, -0.2) is 39.8 Å². The van der Waals surface area contributed by atoms with Crippen molar-refractivity contribution < 1.29 is 9.59 Å². The van der Waals surface area contributed by atoms with Crippen molar-refractivity contribution in [3.05, 3.63) is 98.8 Å². The minimum absolute atomic E-state index is 0.0264. The van der Waals surface area contributed by atoms with E-state index in [4.69, 9.17) is 28.2 Å². The molecule has 0 aliphatic carbocycles. The number of H-pyrrole nitrogens is 1. The predicted molar refractivity (Wildman–Crippen MR) is 143 cm³/mol. The van der Waals surface area contributed by atoms with Crippen LogP contribution in [0.15, 0.2) is 60.7 Å². The van der Waals surface area contributed by atoms with E-state index in [0.717, 1.165) is 48.1 Å². The standard InChI is InChI=1S/C28H26Cl2N4O2/c1-17-14-19(6-10-22(17)28(36)34-12-2-3-13-34)27(35)33-25(15-18-4-7-20(29)8-5-18)26-31-23-11-9-21(30)16-24(23)32-26/h4-11,14,16,25H,2-3,12-13,15H2,1H3,(H,31,32)(H,33,35). The normalized spacial score (nSPS) is 14.2. The number of carbonyl (C=O) groups is 2. The summed E-state index contributed by atoms with van der Waals surface area (Å²) < 4.78 is 0. The maximum absolute atomic E-state index is 13.3. The van der Waals surface area contributed by atoms with Gasteiger partial charge in [-0.25, -0.2) is 4.98 Å². The fourth-order valence-electron chi connectivity index (χ4n) is 4.62. The molecule has 1 atom stereocenters. The molecule has 2 N–H and O–H groups in total. The maximum Gasteiger partial charge on any atom is 0.254 e. The quantitative estimate of drug-likeness (QED) is 0.321. The van der Waals surface area contributed by atoms with Gasteiger partial charge in [0.05, 0.1) is 17.1 Å². The number of imidazole rings is 1. The van der Waals surface area contributed by atoms with Crippen molar-refractivity contribution in [1.29, 1.82) is 0 Å². The van der Waals surface area contributed by atoms with E-state index in [1.165, 1.54) is 0 Å². The molecule has 1 fully saturated rings. The highest BCUT2D eigenvalue weighted by molar-refractivity contribution is 6.31. The molecule has 2 amide bonds. The van der Waals surface area contributed by atoms with Crippen LogP contribution in [0.3, 0.4) is 0 Å². The number of hydrogen-bond donors (Lipinski definition) is 2. The molecule has 1 aromatic heterocycles. The van der Waals surface area contributed by atoms with Crippen molar-refractivity contribution in [2.45, 2.75) is 32.2 Å². The molecular formula is C28H26Cl2N4O2. The Morgan fingerprint density at radius 1 is 1.00 bits per heavy atom. The van der Waals surface area contributed by atoms with Crippen LogP contribution in [0, 0.1) is 6.92 Å². The molecule has 36 heavy (non-hydrogen) atoms. The number of likely N-dealkylation sites (tertiary alicyclic amines) is 1. The third-order valence-corrected chi connectivity index (χ3v) is 7.05. The summed E-state index contributed by atoms with van der Waals surface area (Å²) in [6, 6.07) is 17.8. The largest absolute Gasteiger partial charge is 0.342 e. The van der Waals surface area contributed by atoms with Crippen molar-refractivity contribution in [1.82, 2.24) is 20.2 Å². The Morgan fingerprint density at radius 2 is 1.72 bits per heavy atom. The summed E-state index contributed by atoms with van der Waals surface area (Å²) >= 11 is 12.2. The number of fused-ring (bicyclic) bond motifs is 1. The zero-order chi connectivity index (χ0) is 25.2. The third-order valence-electron chi connectivity index (χ3n) is 6.56.